The van der Waals surface area contributed by atoms with Crippen LogP contribution in [0.1, 0.15) is 33.6 Å². The second-order valence-electron chi connectivity index (χ2n) is 3.17. The summed E-state index contributed by atoms with van der Waals surface area (Å²) in [6.07, 6.45) is 8.36. The Morgan fingerprint density at radius 1 is 1.38 bits per heavy atom. The van der Waals surface area contributed by atoms with Crippen LogP contribution in [-0.2, 0) is 0 Å². The summed E-state index contributed by atoms with van der Waals surface area (Å²) in [4.78, 5) is 0. The van der Waals surface area contributed by atoms with Gasteiger partial charge in [-0.1, -0.05) is 50.3 Å². The van der Waals surface area contributed by atoms with Crippen molar-refractivity contribution in [2.24, 2.45) is 0 Å². The van der Waals surface area contributed by atoms with Crippen LogP contribution in [-0.4, -0.2) is 0 Å². The van der Waals surface area contributed by atoms with Crippen molar-refractivity contribution in [3.63, 3.8) is 0 Å². The fourth-order valence-corrected chi connectivity index (χ4v) is 1.36. The van der Waals surface area contributed by atoms with Gasteiger partial charge in [0.25, 0.3) is 0 Å². The molecule has 0 aromatic rings. The summed E-state index contributed by atoms with van der Waals surface area (Å²) in [6.45, 7) is 14.0. The third-order valence-corrected chi connectivity index (χ3v) is 1.90. The van der Waals surface area contributed by atoms with Gasteiger partial charge in [0.2, 0.25) is 0 Å². The molecule has 0 nitrogen and oxygen atoms in total. The number of allylic oxidation sites excluding steroid dienone is 6. The minimum atomic E-state index is 1.09. The van der Waals surface area contributed by atoms with Crippen LogP contribution >= 0.6 is 0 Å². The van der Waals surface area contributed by atoms with Crippen LogP contribution in [0.2, 0.25) is 0 Å². The van der Waals surface area contributed by atoms with E-state index in [0.717, 1.165) is 18.4 Å². The lowest BCUT2D eigenvalue weighted by Crippen LogP contribution is -1.88. The Kier molecular flexibility index (Phi) is 5.96. The molecule has 13 heavy (non-hydrogen) atoms. The predicted octanol–water partition coefficient (Wildman–Crippen LogP) is 4.42. The Labute approximate surface area is 82.4 Å². The van der Waals surface area contributed by atoms with Crippen molar-refractivity contribution >= 4 is 0 Å². The monoisotopic (exact) mass is 176 g/mol. The van der Waals surface area contributed by atoms with E-state index in [1.54, 1.807) is 0 Å². The highest BCUT2D eigenvalue weighted by molar-refractivity contribution is 5.44. The molecule has 0 atom stereocenters. The topological polar surface area (TPSA) is 0 Å². The van der Waals surface area contributed by atoms with Crippen molar-refractivity contribution in [3.05, 3.63) is 48.1 Å². The Balaban J connectivity index is 4.99. The van der Waals surface area contributed by atoms with E-state index in [2.05, 4.69) is 32.2 Å². The molecule has 0 spiro atoms. The van der Waals surface area contributed by atoms with Crippen molar-refractivity contribution in [1.82, 2.24) is 0 Å². The van der Waals surface area contributed by atoms with Crippen LogP contribution in [0, 0.1) is 0 Å². The summed E-state index contributed by atoms with van der Waals surface area (Å²) in [7, 11) is 0. The molecular weight excluding hydrogens is 156 g/mol. The molecule has 0 fully saturated rings. The van der Waals surface area contributed by atoms with Gasteiger partial charge in [0, 0.05) is 0 Å². The van der Waals surface area contributed by atoms with Crippen LogP contribution in [0.4, 0.5) is 0 Å². The van der Waals surface area contributed by atoms with Crippen molar-refractivity contribution in [3.8, 4) is 0 Å². The van der Waals surface area contributed by atoms with E-state index in [1.807, 2.05) is 19.9 Å². The van der Waals surface area contributed by atoms with Crippen LogP contribution < -0.4 is 0 Å². The summed E-state index contributed by atoms with van der Waals surface area (Å²) in [6, 6.07) is 0. The molecule has 0 heterocycles. The van der Waals surface area contributed by atoms with Gasteiger partial charge in [-0.15, -0.1) is 0 Å². The van der Waals surface area contributed by atoms with Gasteiger partial charge in [-0.3, -0.25) is 0 Å². The Bertz CT molecular complexity index is 239. The molecule has 0 aromatic carbocycles. The lowest BCUT2D eigenvalue weighted by Gasteiger charge is -2.07. The van der Waals surface area contributed by atoms with E-state index >= 15 is 0 Å². The standard InChI is InChI=1S/C13H20/c1-6-9-12(10-7-2)13(8-3)11(4)5/h6,8-9H,3-4,7,10H2,1-2,5H3/b9-6-,13-12-. The highest BCUT2D eigenvalue weighted by Crippen LogP contribution is 2.19. The second kappa shape index (κ2) is 6.47. The highest BCUT2D eigenvalue weighted by Gasteiger charge is 1.99. The normalized spacial score (nSPS) is 12.8. The zero-order valence-corrected chi connectivity index (χ0v) is 9.06. The first-order chi connectivity index (χ1) is 6.17. The molecule has 0 aromatic heterocycles. The van der Waals surface area contributed by atoms with Gasteiger partial charge in [0.05, 0.1) is 0 Å². The Morgan fingerprint density at radius 3 is 2.31 bits per heavy atom. The van der Waals surface area contributed by atoms with Gasteiger partial charge < -0.3 is 0 Å². The minimum absolute atomic E-state index is 1.09. The summed E-state index contributed by atoms with van der Waals surface area (Å²) in [5.74, 6) is 0. The third-order valence-electron chi connectivity index (χ3n) is 1.90. The molecule has 0 aliphatic heterocycles. The molecule has 0 heteroatoms. The predicted molar refractivity (Wildman–Crippen MR) is 61.8 cm³/mol. The van der Waals surface area contributed by atoms with E-state index in [-0.39, 0.29) is 0 Å². The number of hydrogen-bond donors (Lipinski definition) is 0. The average Bonchev–Trinajstić information content (AvgIpc) is 2.05. The molecule has 0 aliphatic rings. The third kappa shape index (κ3) is 3.93. The van der Waals surface area contributed by atoms with Gasteiger partial charge in [-0.05, 0) is 31.4 Å². The molecule has 0 rings (SSSR count). The van der Waals surface area contributed by atoms with Crippen LogP contribution in [0.5, 0.6) is 0 Å². The van der Waals surface area contributed by atoms with Gasteiger partial charge in [-0.2, -0.15) is 0 Å². The van der Waals surface area contributed by atoms with E-state index in [0.29, 0.717) is 0 Å². The van der Waals surface area contributed by atoms with E-state index in [1.165, 1.54) is 11.1 Å². The van der Waals surface area contributed by atoms with Crippen LogP contribution in [0.15, 0.2) is 48.1 Å². The summed E-state index contributed by atoms with van der Waals surface area (Å²) >= 11 is 0. The molecule has 0 saturated heterocycles. The van der Waals surface area contributed by atoms with E-state index < -0.39 is 0 Å². The van der Waals surface area contributed by atoms with E-state index in [4.69, 9.17) is 0 Å². The quantitative estimate of drug-likeness (QED) is 0.544. The van der Waals surface area contributed by atoms with Crippen molar-refractivity contribution < 1.29 is 0 Å². The lowest BCUT2D eigenvalue weighted by molar-refractivity contribution is 0.918. The van der Waals surface area contributed by atoms with Crippen LogP contribution in [0.3, 0.4) is 0 Å². The second-order valence-corrected chi connectivity index (χ2v) is 3.17. The average molecular weight is 176 g/mol. The lowest BCUT2D eigenvalue weighted by atomic mass is 9.98. The summed E-state index contributed by atoms with van der Waals surface area (Å²) in [5.41, 5.74) is 3.63. The minimum Gasteiger partial charge on any atom is -0.0985 e. The fraction of sp³-hybridized carbons (Fsp3) is 0.385. The van der Waals surface area contributed by atoms with Gasteiger partial charge in [-0.25, -0.2) is 0 Å². The maximum Gasteiger partial charge on any atom is -0.0207 e. The van der Waals surface area contributed by atoms with Crippen molar-refractivity contribution in [1.29, 1.82) is 0 Å². The zero-order chi connectivity index (χ0) is 10.3. The SMILES string of the molecule is C=C/C(C(=C)C)=C(\C=C/C)CCC. The van der Waals surface area contributed by atoms with Gasteiger partial charge >= 0.3 is 0 Å². The molecule has 0 aliphatic carbocycles. The van der Waals surface area contributed by atoms with Crippen molar-refractivity contribution in [2.75, 3.05) is 0 Å². The Hall–Kier alpha value is -1.04. The molecular formula is C13H20. The maximum absolute atomic E-state index is 3.95. The van der Waals surface area contributed by atoms with Crippen LogP contribution in [0.25, 0.3) is 0 Å². The summed E-state index contributed by atoms with van der Waals surface area (Å²) < 4.78 is 0. The Morgan fingerprint density at radius 2 is 2.00 bits per heavy atom. The first-order valence-corrected chi connectivity index (χ1v) is 4.81. The molecule has 0 N–H and O–H groups in total. The molecule has 0 bridgehead atoms. The van der Waals surface area contributed by atoms with Crippen molar-refractivity contribution in [2.45, 2.75) is 33.6 Å². The first kappa shape index (κ1) is 12.0. The molecule has 0 saturated carbocycles. The maximum atomic E-state index is 3.95. The largest absolute Gasteiger partial charge is 0.0985 e. The zero-order valence-electron chi connectivity index (χ0n) is 9.06. The number of hydrogen-bond acceptors (Lipinski definition) is 0. The molecule has 72 valence electrons. The summed E-state index contributed by atoms with van der Waals surface area (Å²) in [5, 5.41) is 0. The van der Waals surface area contributed by atoms with Gasteiger partial charge in [0.1, 0.15) is 0 Å². The van der Waals surface area contributed by atoms with E-state index in [9.17, 15) is 0 Å². The molecule has 0 unspecified atom stereocenters. The molecule has 0 amide bonds. The first-order valence-electron chi connectivity index (χ1n) is 4.81. The smallest absolute Gasteiger partial charge is 0.0207 e. The molecule has 0 radical (unpaired) electrons. The highest BCUT2D eigenvalue weighted by atomic mass is 14.0. The fourth-order valence-electron chi connectivity index (χ4n) is 1.36. The van der Waals surface area contributed by atoms with Gasteiger partial charge in [0.15, 0.2) is 0 Å². The number of rotatable bonds is 5.